The van der Waals surface area contributed by atoms with Gasteiger partial charge in [0, 0.05) is 38.2 Å². The van der Waals surface area contributed by atoms with Gasteiger partial charge in [0.2, 0.25) is 11.8 Å². The zero-order valence-corrected chi connectivity index (χ0v) is 20.0. The fourth-order valence-corrected chi connectivity index (χ4v) is 4.09. The van der Waals surface area contributed by atoms with Gasteiger partial charge in [0.05, 0.1) is 0 Å². The second-order valence-electron chi connectivity index (χ2n) is 8.70. The van der Waals surface area contributed by atoms with E-state index >= 15 is 0 Å². The van der Waals surface area contributed by atoms with Gasteiger partial charge in [-0.05, 0) is 62.5 Å². The number of rotatable bonds is 3. The van der Waals surface area contributed by atoms with E-state index in [9.17, 15) is 9.59 Å². The molecule has 1 aliphatic heterocycles. The average molecular weight is 463 g/mol. The summed E-state index contributed by atoms with van der Waals surface area (Å²) in [4.78, 5) is 27.4. The molecule has 6 heteroatoms. The molecule has 0 aliphatic carbocycles. The predicted molar refractivity (Wildman–Crippen MR) is 138 cm³/mol. The number of benzene rings is 2. The van der Waals surface area contributed by atoms with Crippen LogP contribution in [0.15, 0.2) is 66.7 Å². The molecule has 1 fully saturated rings. The molecule has 0 saturated carbocycles. The quantitative estimate of drug-likeness (QED) is 0.610. The van der Waals surface area contributed by atoms with E-state index in [1.54, 1.807) is 6.08 Å². The van der Waals surface area contributed by atoms with E-state index in [-0.39, 0.29) is 17.9 Å². The Bertz CT molecular complexity index is 886. The SMILES string of the molecule is O=C1CC(c2ccccc2)NCCCNCCCCN(C(=O)C=Cc2ccccc2)CCCN1. The highest BCUT2D eigenvalue weighted by Crippen LogP contribution is 2.16. The number of nitrogens with zero attached hydrogens (tertiary/aromatic N) is 1. The van der Waals surface area contributed by atoms with E-state index in [2.05, 4.69) is 28.1 Å². The van der Waals surface area contributed by atoms with Gasteiger partial charge >= 0.3 is 0 Å². The third-order valence-electron chi connectivity index (χ3n) is 6.00. The van der Waals surface area contributed by atoms with Gasteiger partial charge in [-0.2, -0.15) is 0 Å². The van der Waals surface area contributed by atoms with Gasteiger partial charge in [0.1, 0.15) is 0 Å². The summed E-state index contributed by atoms with van der Waals surface area (Å²) in [5, 5.41) is 10.1. The van der Waals surface area contributed by atoms with Gasteiger partial charge in [0.15, 0.2) is 0 Å². The summed E-state index contributed by atoms with van der Waals surface area (Å²) >= 11 is 0. The maximum absolute atomic E-state index is 12.8. The highest BCUT2D eigenvalue weighted by Gasteiger charge is 2.16. The maximum Gasteiger partial charge on any atom is 0.246 e. The van der Waals surface area contributed by atoms with Crippen molar-refractivity contribution < 1.29 is 9.59 Å². The molecule has 0 aromatic heterocycles. The standard InChI is InChI=1S/C28H38N4O2/c33-27-23-26(25-13-5-2-6-14-25)30-19-9-18-29-17-7-8-21-32(22-10-20-31-27)28(34)16-15-24-11-3-1-4-12-24/h1-6,11-16,26,29-30H,7-10,17-23H2,(H,31,33). The zero-order valence-electron chi connectivity index (χ0n) is 20.0. The Labute approximate surface area is 203 Å². The number of carbonyl (C=O) groups is 2. The van der Waals surface area contributed by atoms with Crippen LogP contribution in [-0.4, -0.2) is 56.0 Å². The highest BCUT2D eigenvalue weighted by atomic mass is 16.2. The lowest BCUT2D eigenvalue weighted by Crippen LogP contribution is -2.35. The minimum absolute atomic E-state index is 0.00177. The van der Waals surface area contributed by atoms with Crippen molar-refractivity contribution in [2.45, 2.75) is 38.1 Å². The van der Waals surface area contributed by atoms with Crippen molar-refractivity contribution in [3.8, 4) is 0 Å². The molecule has 1 unspecified atom stereocenters. The molecule has 6 nitrogen and oxygen atoms in total. The Morgan fingerprint density at radius 1 is 0.824 bits per heavy atom. The largest absolute Gasteiger partial charge is 0.356 e. The Morgan fingerprint density at radius 3 is 2.32 bits per heavy atom. The van der Waals surface area contributed by atoms with Crippen molar-refractivity contribution in [1.29, 1.82) is 0 Å². The van der Waals surface area contributed by atoms with Crippen molar-refractivity contribution in [2.24, 2.45) is 0 Å². The van der Waals surface area contributed by atoms with Crippen LogP contribution in [0, 0.1) is 0 Å². The van der Waals surface area contributed by atoms with Crippen molar-refractivity contribution >= 4 is 17.9 Å². The molecule has 1 saturated heterocycles. The fourth-order valence-electron chi connectivity index (χ4n) is 4.09. The lowest BCUT2D eigenvalue weighted by molar-refractivity contribution is -0.126. The maximum atomic E-state index is 12.8. The fraction of sp³-hybridized carbons (Fsp3) is 0.429. The molecule has 3 N–H and O–H groups in total. The molecule has 0 spiro atoms. The lowest BCUT2D eigenvalue weighted by atomic mass is 10.0. The molecule has 1 aliphatic rings. The van der Waals surface area contributed by atoms with Crippen LogP contribution >= 0.6 is 0 Å². The van der Waals surface area contributed by atoms with E-state index in [0.717, 1.165) is 63.0 Å². The molecule has 0 bridgehead atoms. The van der Waals surface area contributed by atoms with Crippen molar-refractivity contribution in [3.05, 3.63) is 77.9 Å². The van der Waals surface area contributed by atoms with Crippen LogP contribution in [0.4, 0.5) is 0 Å². The van der Waals surface area contributed by atoms with Gasteiger partial charge in [-0.3, -0.25) is 9.59 Å². The van der Waals surface area contributed by atoms with Crippen LogP contribution in [0.5, 0.6) is 0 Å². The molecule has 2 amide bonds. The van der Waals surface area contributed by atoms with Crippen LogP contribution in [0.25, 0.3) is 6.08 Å². The molecule has 3 rings (SSSR count). The smallest absolute Gasteiger partial charge is 0.246 e. The van der Waals surface area contributed by atoms with Crippen LogP contribution in [0.3, 0.4) is 0 Å². The number of nitrogens with one attached hydrogen (secondary N) is 3. The molecular formula is C28H38N4O2. The Kier molecular flexibility index (Phi) is 11.4. The first-order valence-electron chi connectivity index (χ1n) is 12.5. The van der Waals surface area contributed by atoms with E-state index in [1.807, 2.05) is 59.5 Å². The van der Waals surface area contributed by atoms with Crippen LogP contribution < -0.4 is 16.0 Å². The predicted octanol–water partition coefficient (Wildman–Crippen LogP) is 3.53. The van der Waals surface area contributed by atoms with Crippen LogP contribution in [0.1, 0.15) is 49.3 Å². The van der Waals surface area contributed by atoms with E-state index in [4.69, 9.17) is 0 Å². The van der Waals surface area contributed by atoms with Crippen molar-refractivity contribution in [2.75, 3.05) is 39.3 Å². The van der Waals surface area contributed by atoms with Crippen LogP contribution in [-0.2, 0) is 9.59 Å². The summed E-state index contributed by atoms with van der Waals surface area (Å²) in [7, 11) is 0. The van der Waals surface area contributed by atoms with Gasteiger partial charge < -0.3 is 20.9 Å². The summed E-state index contributed by atoms with van der Waals surface area (Å²) < 4.78 is 0. The molecule has 2 aromatic rings. The first-order valence-corrected chi connectivity index (χ1v) is 12.5. The second-order valence-corrected chi connectivity index (χ2v) is 8.70. The lowest BCUT2D eigenvalue weighted by Gasteiger charge is -2.22. The average Bonchev–Trinajstić information content (AvgIpc) is 2.87. The third kappa shape index (κ3) is 9.49. The minimum atomic E-state index is -0.00177. The molecule has 2 aromatic carbocycles. The second kappa shape index (κ2) is 15.0. The van der Waals surface area contributed by atoms with E-state index in [0.29, 0.717) is 19.5 Å². The normalized spacial score (nSPS) is 19.9. The van der Waals surface area contributed by atoms with Gasteiger partial charge in [0.25, 0.3) is 0 Å². The Balaban J connectivity index is 1.57. The highest BCUT2D eigenvalue weighted by molar-refractivity contribution is 5.91. The van der Waals surface area contributed by atoms with Crippen molar-refractivity contribution in [3.63, 3.8) is 0 Å². The zero-order chi connectivity index (χ0) is 23.8. The monoisotopic (exact) mass is 462 g/mol. The summed E-state index contributed by atoms with van der Waals surface area (Å²) in [5.41, 5.74) is 2.14. The van der Waals surface area contributed by atoms with E-state index in [1.165, 1.54) is 0 Å². The summed E-state index contributed by atoms with van der Waals surface area (Å²) in [6, 6.07) is 20.0. The summed E-state index contributed by atoms with van der Waals surface area (Å²) in [6.07, 6.45) is 7.65. The molecular weight excluding hydrogens is 424 g/mol. The Morgan fingerprint density at radius 2 is 1.53 bits per heavy atom. The number of carbonyl (C=O) groups excluding carboxylic acids is 2. The molecule has 1 heterocycles. The minimum Gasteiger partial charge on any atom is -0.356 e. The number of amides is 2. The first kappa shape index (κ1) is 25.7. The van der Waals surface area contributed by atoms with Gasteiger partial charge in [-0.25, -0.2) is 0 Å². The first-order chi connectivity index (χ1) is 16.7. The van der Waals surface area contributed by atoms with Gasteiger partial charge in [-0.15, -0.1) is 0 Å². The third-order valence-corrected chi connectivity index (χ3v) is 6.00. The van der Waals surface area contributed by atoms with Crippen molar-refractivity contribution in [1.82, 2.24) is 20.9 Å². The molecule has 182 valence electrons. The molecule has 34 heavy (non-hydrogen) atoms. The van der Waals surface area contributed by atoms with Crippen LogP contribution in [0.2, 0.25) is 0 Å². The number of hydrogen-bond acceptors (Lipinski definition) is 4. The number of hydrogen-bond donors (Lipinski definition) is 3. The molecule has 1 atom stereocenters. The van der Waals surface area contributed by atoms with Gasteiger partial charge in [-0.1, -0.05) is 60.7 Å². The summed E-state index contributed by atoms with van der Waals surface area (Å²) in [5.74, 6) is 0.0556. The summed E-state index contributed by atoms with van der Waals surface area (Å²) in [6.45, 7) is 4.66. The molecule has 0 radical (unpaired) electrons. The van der Waals surface area contributed by atoms with E-state index < -0.39 is 0 Å². The topological polar surface area (TPSA) is 73.5 Å². The Hall–Kier alpha value is -2.96.